The van der Waals surface area contributed by atoms with Gasteiger partial charge in [-0.25, -0.2) is 5.01 Å². The number of carbonyl (C=O) groups is 1. The van der Waals surface area contributed by atoms with Gasteiger partial charge >= 0.3 is 0 Å². The Kier molecular flexibility index (Phi) is 6.30. The lowest BCUT2D eigenvalue weighted by Crippen LogP contribution is -2.26. The minimum absolute atomic E-state index is 0.0901. The number of hydrazone groups is 1. The van der Waals surface area contributed by atoms with Crippen LogP contribution in [0.3, 0.4) is 0 Å². The molecule has 0 saturated heterocycles. The van der Waals surface area contributed by atoms with Crippen LogP contribution in [0.4, 0.5) is 5.69 Å². The Morgan fingerprint density at radius 3 is 2.59 bits per heavy atom. The fraction of sp³-hybridized carbons (Fsp3) is 0.0690. The van der Waals surface area contributed by atoms with Gasteiger partial charge < -0.3 is 4.98 Å². The lowest BCUT2D eigenvalue weighted by molar-refractivity contribution is -0.384. The summed E-state index contributed by atoms with van der Waals surface area (Å²) in [5.74, 6) is -0.349. The summed E-state index contributed by atoms with van der Waals surface area (Å²) < 4.78 is 0. The van der Waals surface area contributed by atoms with Crippen molar-refractivity contribution in [3.05, 3.63) is 132 Å². The van der Waals surface area contributed by atoms with Gasteiger partial charge in [-0.1, -0.05) is 60.1 Å². The van der Waals surface area contributed by atoms with Crippen molar-refractivity contribution < 1.29 is 9.72 Å². The summed E-state index contributed by atoms with van der Waals surface area (Å²) in [4.78, 5) is 41.6. The third-order valence-corrected chi connectivity index (χ3v) is 7.74. The van der Waals surface area contributed by atoms with Crippen molar-refractivity contribution in [1.29, 1.82) is 0 Å². The molecule has 0 bridgehead atoms. The van der Waals surface area contributed by atoms with Crippen LogP contribution in [0.5, 0.6) is 0 Å². The number of nitrogens with one attached hydrogen (secondary N) is 1. The molecule has 0 radical (unpaired) electrons. The van der Waals surface area contributed by atoms with Crippen molar-refractivity contribution in [3.63, 3.8) is 0 Å². The SMILES string of the molecule is O=C(c1cccs1)N1N=C(c2c(-c3ccccc3)c3cc(Cl)ccc3[nH]c2=O)CC1c1cccc([N+](=O)[O-])c1. The molecule has 0 aliphatic carbocycles. The minimum atomic E-state index is -0.646. The van der Waals surface area contributed by atoms with Gasteiger partial charge in [0.2, 0.25) is 0 Å². The molecular weight excluding hydrogens is 536 g/mol. The molecule has 6 rings (SSSR count). The number of amides is 1. The number of nitro benzene ring substituents is 1. The van der Waals surface area contributed by atoms with Crippen LogP contribution >= 0.6 is 22.9 Å². The Bertz CT molecular complexity index is 1830. The molecule has 3 aromatic carbocycles. The summed E-state index contributed by atoms with van der Waals surface area (Å²) in [6.45, 7) is 0. The average molecular weight is 555 g/mol. The number of hydrogen-bond acceptors (Lipinski definition) is 6. The summed E-state index contributed by atoms with van der Waals surface area (Å²) in [5.41, 5.74) is 2.90. The molecule has 3 heterocycles. The van der Waals surface area contributed by atoms with Gasteiger partial charge in [-0.3, -0.25) is 19.7 Å². The summed E-state index contributed by atoms with van der Waals surface area (Å²) in [6.07, 6.45) is 0.188. The summed E-state index contributed by atoms with van der Waals surface area (Å²) in [5, 5.41) is 20.6. The summed E-state index contributed by atoms with van der Waals surface area (Å²) >= 11 is 7.64. The van der Waals surface area contributed by atoms with Crippen LogP contribution in [0, 0.1) is 10.1 Å². The first-order chi connectivity index (χ1) is 18.9. The second kappa shape index (κ2) is 9.94. The minimum Gasteiger partial charge on any atom is -0.321 e. The van der Waals surface area contributed by atoms with Gasteiger partial charge in [-0.2, -0.15) is 5.10 Å². The van der Waals surface area contributed by atoms with Gasteiger partial charge in [0.05, 0.1) is 27.1 Å². The summed E-state index contributed by atoms with van der Waals surface area (Å²) in [7, 11) is 0. The number of non-ortho nitro benzene ring substituents is 1. The highest BCUT2D eigenvalue weighted by Crippen LogP contribution is 2.39. The predicted octanol–water partition coefficient (Wildman–Crippen LogP) is 6.81. The molecule has 0 saturated carbocycles. The number of nitro groups is 1. The molecule has 1 N–H and O–H groups in total. The first-order valence-corrected chi connectivity index (χ1v) is 13.3. The monoisotopic (exact) mass is 554 g/mol. The summed E-state index contributed by atoms with van der Waals surface area (Å²) in [6, 6.07) is 23.7. The number of halogens is 1. The lowest BCUT2D eigenvalue weighted by Gasteiger charge is -2.21. The number of thiophene rings is 1. The number of pyridine rings is 1. The smallest absolute Gasteiger partial charge is 0.284 e. The predicted molar refractivity (Wildman–Crippen MR) is 152 cm³/mol. The Hall–Kier alpha value is -4.60. The van der Waals surface area contributed by atoms with Crippen molar-refractivity contribution in [3.8, 4) is 11.1 Å². The number of H-pyrrole nitrogens is 1. The maximum atomic E-state index is 13.6. The molecule has 1 unspecified atom stereocenters. The molecule has 0 fully saturated rings. The number of aromatic amines is 1. The van der Waals surface area contributed by atoms with Crippen molar-refractivity contribution in [1.82, 2.24) is 9.99 Å². The molecule has 8 nitrogen and oxygen atoms in total. The maximum absolute atomic E-state index is 13.6. The van der Waals surface area contributed by atoms with E-state index in [1.54, 1.807) is 47.8 Å². The van der Waals surface area contributed by atoms with Crippen LogP contribution in [-0.2, 0) is 0 Å². The van der Waals surface area contributed by atoms with Crippen LogP contribution in [-0.4, -0.2) is 26.5 Å². The number of nitrogens with zero attached hydrogens (tertiary/aromatic N) is 3. The zero-order valence-corrected chi connectivity index (χ0v) is 21.8. The van der Waals surface area contributed by atoms with E-state index in [0.29, 0.717) is 37.8 Å². The largest absolute Gasteiger partial charge is 0.321 e. The molecule has 1 amide bonds. The van der Waals surface area contributed by atoms with Crippen molar-refractivity contribution in [2.45, 2.75) is 12.5 Å². The Balaban J connectivity index is 1.57. The number of fused-ring (bicyclic) bond motifs is 1. The number of aromatic nitrogens is 1. The normalized spacial score (nSPS) is 14.9. The molecular formula is C29H19ClN4O4S. The third-order valence-electron chi connectivity index (χ3n) is 6.64. The molecule has 2 aromatic heterocycles. The van der Waals surface area contributed by atoms with Gasteiger partial charge in [-0.05, 0) is 40.8 Å². The van der Waals surface area contributed by atoms with E-state index in [-0.39, 0.29) is 23.6 Å². The van der Waals surface area contributed by atoms with E-state index >= 15 is 0 Å². The first kappa shape index (κ1) is 24.7. The van der Waals surface area contributed by atoms with E-state index in [1.165, 1.54) is 28.5 Å². The standard InChI is InChI=1S/C29H19ClN4O4S/c30-19-11-12-22-21(15-19)26(17-6-2-1-3-7-17)27(28(35)31-22)23-16-24(18-8-4-9-20(14-18)34(37)38)33(32-23)29(36)25-10-5-13-39-25/h1-15,24H,16H2,(H,31,35). The third kappa shape index (κ3) is 4.52. The van der Waals surface area contributed by atoms with Gasteiger partial charge in [0.15, 0.2) is 0 Å². The number of carbonyl (C=O) groups excluding carboxylic acids is 1. The van der Waals surface area contributed by atoms with Gasteiger partial charge in [-0.15, -0.1) is 11.3 Å². The van der Waals surface area contributed by atoms with Crippen LogP contribution in [0.2, 0.25) is 5.02 Å². The van der Waals surface area contributed by atoms with Crippen LogP contribution in [0.15, 0.2) is 100 Å². The molecule has 1 atom stereocenters. The van der Waals surface area contributed by atoms with E-state index in [2.05, 4.69) is 4.98 Å². The Labute approximate surface area is 231 Å². The number of rotatable bonds is 5. The number of benzene rings is 3. The highest BCUT2D eigenvalue weighted by Gasteiger charge is 2.36. The maximum Gasteiger partial charge on any atom is 0.284 e. The van der Waals surface area contributed by atoms with Crippen molar-refractivity contribution in [2.75, 3.05) is 0 Å². The van der Waals surface area contributed by atoms with Crippen molar-refractivity contribution in [2.24, 2.45) is 5.10 Å². The molecule has 0 spiro atoms. The van der Waals surface area contributed by atoms with Gasteiger partial charge in [0.25, 0.3) is 17.2 Å². The van der Waals surface area contributed by atoms with E-state index in [0.717, 1.165) is 10.9 Å². The Morgan fingerprint density at radius 1 is 1.03 bits per heavy atom. The topological polar surface area (TPSA) is 109 Å². The Morgan fingerprint density at radius 2 is 1.85 bits per heavy atom. The molecule has 39 heavy (non-hydrogen) atoms. The average Bonchev–Trinajstić information content (AvgIpc) is 3.64. The molecule has 10 heteroatoms. The molecule has 1 aliphatic rings. The lowest BCUT2D eigenvalue weighted by atomic mass is 9.91. The molecule has 192 valence electrons. The van der Waals surface area contributed by atoms with E-state index < -0.39 is 11.0 Å². The molecule has 5 aromatic rings. The van der Waals surface area contributed by atoms with E-state index in [4.69, 9.17) is 16.7 Å². The zero-order valence-electron chi connectivity index (χ0n) is 20.2. The molecule has 1 aliphatic heterocycles. The van der Waals surface area contributed by atoms with Crippen LogP contribution < -0.4 is 5.56 Å². The van der Waals surface area contributed by atoms with Crippen LogP contribution in [0.25, 0.3) is 22.0 Å². The second-order valence-electron chi connectivity index (χ2n) is 9.01. The highest BCUT2D eigenvalue weighted by atomic mass is 35.5. The quantitative estimate of drug-likeness (QED) is 0.190. The van der Waals surface area contributed by atoms with Crippen molar-refractivity contribution >= 4 is 51.1 Å². The van der Waals surface area contributed by atoms with Gasteiger partial charge in [0.1, 0.15) is 0 Å². The fourth-order valence-corrected chi connectivity index (χ4v) is 5.74. The highest BCUT2D eigenvalue weighted by molar-refractivity contribution is 7.12. The van der Waals surface area contributed by atoms with Gasteiger partial charge in [0, 0.05) is 40.0 Å². The van der Waals surface area contributed by atoms with E-state index in [1.807, 2.05) is 30.3 Å². The van der Waals surface area contributed by atoms with Crippen LogP contribution in [0.1, 0.15) is 33.3 Å². The second-order valence-corrected chi connectivity index (χ2v) is 10.4. The zero-order chi connectivity index (χ0) is 27.1. The first-order valence-electron chi connectivity index (χ1n) is 12.0. The number of hydrogen-bond donors (Lipinski definition) is 1. The van der Waals surface area contributed by atoms with E-state index in [9.17, 15) is 19.7 Å². The fourth-order valence-electron chi connectivity index (χ4n) is 4.91.